The molecule has 0 bridgehead atoms. The molecular weight excluding hydrogens is 771 g/mol. The number of aliphatic imine (C=N–C) groups is 3. The van der Waals surface area contributed by atoms with Gasteiger partial charge in [0, 0.05) is 16.7 Å². The maximum atomic E-state index is 14.4. The standard InChI is InChI=1S/C24H12Br3Cl3N3O4P/c25-22(28)4-1-16-13(7-22)19(10-31-16)35-38(34,36-20-11-32-17-2-5-23(26,29)8-14(17)20)37-21-12-33-18-3-6-24(27,30)9-15(18)21/h1-12H. The largest absolute Gasteiger partial charge is 0.647 e. The lowest BCUT2D eigenvalue weighted by Crippen LogP contribution is -2.17. The second kappa shape index (κ2) is 9.33. The molecule has 0 amide bonds. The molecule has 0 radical (unpaired) electrons. The van der Waals surface area contributed by atoms with Crippen LogP contribution in [-0.4, -0.2) is 28.5 Å². The number of hydrogen-bond acceptors (Lipinski definition) is 7. The van der Waals surface area contributed by atoms with Gasteiger partial charge in [-0.25, -0.2) is 0 Å². The van der Waals surface area contributed by atoms with Gasteiger partial charge >= 0.3 is 7.82 Å². The summed E-state index contributed by atoms with van der Waals surface area (Å²) < 4.78 is 29.4. The van der Waals surface area contributed by atoms with Crippen molar-refractivity contribution in [3.05, 3.63) is 107 Å². The smallest absolute Gasteiger partial charge is 0.384 e. The highest BCUT2D eigenvalue weighted by atomic mass is 79.9. The van der Waals surface area contributed by atoms with Crippen LogP contribution in [0.2, 0.25) is 0 Å². The highest BCUT2D eigenvalue weighted by molar-refractivity contribution is 9.11. The molecule has 3 atom stereocenters. The van der Waals surface area contributed by atoms with Gasteiger partial charge in [-0.3, -0.25) is 15.0 Å². The summed E-state index contributed by atoms with van der Waals surface area (Å²) in [6.07, 6.45) is 19.6. The highest BCUT2D eigenvalue weighted by Crippen LogP contribution is 2.59. The molecule has 194 valence electrons. The summed E-state index contributed by atoms with van der Waals surface area (Å²) >= 11 is 29.5. The Labute approximate surface area is 257 Å². The van der Waals surface area contributed by atoms with Crippen molar-refractivity contribution >= 4 is 108 Å². The van der Waals surface area contributed by atoms with E-state index in [2.05, 4.69) is 62.8 Å². The van der Waals surface area contributed by atoms with Crippen molar-refractivity contribution in [1.29, 1.82) is 0 Å². The Balaban J connectivity index is 1.33. The zero-order chi connectivity index (χ0) is 26.9. The fourth-order valence-corrected chi connectivity index (χ4v) is 6.81. The number of hydrogen-bond donors (Lipinski definition) is 0. The zero-order valence-corrected chi connectivity index (χ0v) is 26.5. The minimum Gasteiger partial charge on any atom is -0.384 e. The van der Waals surface area contributed by atoms with Crippen LogP contribution < -0.4 is 0 Å². The fourth-order valence-electron chi connectivity index (χ4n) is 3.94. The van der Waals surface area contributed by atoms with Crippen molar-refractivity contribution in [3.8, 4) is 0 Å². The maximum Gasteiger partial charge on any atom is 0.647 e. The van der Waals surface area contributed by atoms with Crippen LogP contribution in [0.25, 0.3) is 0 Å². The first-order valence-electron chi connectivity index (χ1n) is 10.8. The van der Waals surface area contributed by atoms with Gasteiger partial charge in [0.25, 0.3) is 0 Å². The molecule has 38 heavy (non-hydrogen) atoms. The number of phosphoric ester groups is 1. The third kappa shape index (κ3) is 5.33. The van der Waals surface area contributed by atoms with Crippen LogP contribution in [0.5, 0.6) is 0 Å². The van der Waals surface area contributed by atoms with Crippen LogP contribution in [0.4, 0.5) is 0 Å². The van der Waals surface area contributed by atoms with E-state index in [1.807, 2.05) is 0 Å². The third-order valence-electron chi connectivity index (χ3n) is 5.62. The Kier molecular flexibility index (Phi) is 6.58. The molecule has 0 saturated carbocycles. The van der Waals surface area contributed by atoms with Crippen LogP contribution in [0.3, 0.4) is 0 Å². The maximum absolute atomic E-state index is 14.4. The monoisotopic (exact) mass is 779 g/mol. The van der Waals surface area contributed by atoms with Crippen molar-refractivity contribution in [3.63, 3.8) is 0 Å². The van der Waals surface area contributed by atoms with E-state index in [1.165, 1.54) is 18.6 Å². The number of nitrogens with zero attached hydrogens (tertiary/aromatic N) is 3. The van der Waals surface area contributed by atoms with Gasteiger partial charge in [-0.15, -0.1) is 0 Å². The first-order chi connectivity index (χ1) is 17.8. The SMILES string of the molecule is O=P(OC1=CN=C2C=CC(Cl)(Br)C=C12)(OC1=CN=C2C=CC(Cl)(Br)C=C12)OC1=CN=C2C=CC(Cl)(Br)C=C12. The number of phosphoric acid groups is 1. The average Bonchev–Trinajstić information content (AvgIpc) is 3.50. The molecule has 0 aromatic heterocycles. The van der Waals surface area contributed by atoms with Gasteiger partial charge in [-0.05, 0) is 54.7 Å². The van der Waals surface area contributed by atoms with Crippen LogP contribution >= 0.6 is 90.4 Å². The molecule has 3 unspecified atom stereocenters. The average molecular weight is 783 g/mol. The number of allylic oxidation sites excluding steroid dienone is 12. The minimum atomic E-state index is -4.48. The van der Waals surface area contributed by atoms with Gasteiger partial charge in [-0.2, -0.15) is 4.57 Å². The van der Waals surface area contributed by atoms with E-state index in [4.69, 9.17) is 48.4 Å². The summed E-state index contributed by atoms with van der Waals surface area (Å²) in [5, 5.41) is 0. The van der Waals surface area contributed by atoms with E-state index in [1.54, 1.807) is 54.7 Å². The lowest BCUT2D eigenvalue weighted by Gasteiger charge is -2.25. The first kappa shape index (κ1) is 26.8. The summed E-state index contributed by atoms with van der Waals surface area (Å²) in [5.41, 5.74) is 3.29. The van der Waals surface area contributed by atoms with Crippen molar-refractivity contribution in [1.82, 2.24) is 0 Å². The van der Waals surface area contributed by atoms with Gasteiger partial charge < -0.3 is 13.6 Å². The second-order valence-electron chi connectivity index (χ2n) is 8.44. The predicted molar refractivity (Wildman–Crippen MR) is 162 cm³/mol. The molecule has 14 heteroatoms. The van der Waals surface area contributed by atoms with E-state index < -0.39 is 19.2 Å². The molecule has 7 nitrogen and oxygen atoms in total. The Bertz CT molecular complexity index is 1420. The first-order valence-corrected chi connectivity index (χ1v) is 15.7. The molecule has 0 saturated heterocycles. The molecule has 0 spiro atoms. The molecule has 6 rings (SSSR count). The molecule has 0 aromatic carbocycles. The van der Waals surface area contributed by atoms with Crippen molar-refractivity contribution in [2.24, 2.45) is 15.0 Å². The number of fused-ring (bicyclic) bond motifs is 3. The van der Waals surface area contributed by atoms with Crippen LogP contribution in [0.1, 0.15) is 0 Å². The van der Waals surface area contributed by atoms with Crippen LogP contribution in [0.15, 0.2) is 122 Å². The number of alkyl halides is 6. The summed E-state index contributed by atoms with van der Waals surface area (Å²) in [7, 11) is -4.48. The Morgan fingerprint density at radius 1 is 0.605 bits per heavy atom. The highest BCUT2D eigenvalue weighted by Gasteiger charge is 2.43. The number of halogens is 6. The quantitative estimate of drug-likeness (QED) is 0.200. The predicted octanol–water partition coefficient (Wildman–Crippen LogP) is 8.51. The summed E-state index contributed by atoms with van der Waals surface area (Å²) in [6, 6.07) is 0. The van der Waals surface area contributed by atoms with Gasteiger partial charge in [0.05, 0.1) is 35.7 Å². The lowest BCUT2D eigenvalue weighted by atomic mass is 10.0. The third-order valence-corrected chi connectivity index (χ3v) is 9.06. The summed E-state index contributed by atoms with van der Waals surface area (Å²) in [6.45, 7) is 0. The van der Waals surface area contributed by atoms with Gasteiger partial charge in [0.1, 0.15) is 11.4 Å². The Morgan fingerprint density at radius 3 is 1.18 bits per heavy atom. The molecule has 6 aliphatic rings. The lowest BCUT2D eigenvalue weighted by molar-refractivity contribution is 0.203. The van der Waals surface area contributed by atoms with Crippen molar-refractivity contribution in [2.45, 2.75) is 11.4 Å². The molecule has 0 N–H and O–H groups in total. The molecule has 3 aliphatic heterocycles. The van der Waals surface area contributed by atoms with E-state index in [0.717, 1.165) is 0 Å². The second-order valence-corrected chi connectivity index (χ2v) is 17.1. The molecule has 0 fully saturated rings. The van der Waals surface area contributed by atoms with E-state index >= 15 is 0 Å². The Hall–Kier alpha value is -1.39. The molecular formula is C24H12Br3Cl3N3O4P. The van der Waals surface area contributed by atoms with Crippen molar-refractivity contribution in [2.75, 3.05) is 0 Å². The molecule has 3 heterocycles. The fraction of sp³-hybridized carbons (Fsp3) is 0.125. The zero-order valence-electron chi connectivity index (χ0n) is 18.6. The van der Waals surface area contributed by atoms with Gasteiger partial charge in [-0.1, -0.05) is 82.6 Å². The van der Waals surface area contributed by atoms with E-state index in [0.29, 0.717) is 33.9 Å². The van der Waals surface area contributed by atoms with Crippen LogP contribution in [0, 0.1) is 0 Å². The van der Waals surface area contributed by atoms with Gasteiger partial charge in [0.15, 0.2) is 17.3 Å². The summed E-state index contributed by atoms with van der Waals surface area (Å²) in [5.74, 6) is 0.433. The van der Waals surface area contributed by atoms with Crippen LogP contribution in [-0.2, 0) is 18.1 Å². The Morgan fingerprint density at radius 2 is 0.895 bits per heavy atom. The number of rotatable bonds is 6. The molecule has 3 aliphatic carbocycles. The topological polar surface area (TPSA) is 81.8 Å². The van der Waals surface area contributed by atoms with Gasteiger partial charge in [0.2, 0.25) is 0 Å². The minimum absolute atomic E-state index is 0.144. The molecule has 0 aromatic rings. The van der Waals surface area contributed by atoms with Crippen molar-refractivity contribution < 1.29 is 18.1 Å². The normalized spacial score (nSPS) is 33.7. The van der Waals surface area contributed by atoms with E-state index in [9.17, 15) is 4.57 Å². The summed E-state index contributed by atoms with van der Waals surface area (Å²) in [4.78, 5) is 13.0. The van der Waals surface area contributed by atoms with E-state index in [-0.39, 0.29) is 17.3 Å².